The molecule has 0 aromatic heterocycles. The summed E-state index contributed by atoms with van der Waals surface area (Å²) in [6, 6.07) is 15.8. The summed E-state index contributed by atoms with van der Waals surface area (Å²) in [7, 11) is 0. The Bertz CT molecular complexity index is 958. The van der Waals surface area contributed by atoms with Crippen molar-refractivity contribution in [3.05, 3.63) is 64.6 Å². The van der Waals surface area contributed by atoms with Crippen LogP contribution in [-0.2, 0) is 11.2 Å². The van der Waals surface area contributed by atoms with Gasteiger partial charge in [0, 0.05) is 0 Å². The van der Waals surface area contributed by atoms with E-state index in [0.29, 0.717) is 4.91 Å². The van der Waals surface area contributed by atoms with Crippen molar-refractivity contribution in [2.45, 2.75) is 39.2 Å². The highest BCUT2D eigenvalue weighted by atomic mass is 32.2. The van der Waals surface area contributed by atoms with Crippen molar-refractivity contribution in [2.24, 2.45) is 4.99 Å². The van der Waals surface area contributed by atoms with E-state index < -0.39 is 0 Å². The van der Waals surface area contributed by atoms with Crippen LogP contribution in [0.5, 0.6) is 5.75 Å². The molecule has 0 unspecified atom stereocenters. The van der Waals surface area contributed by atoms with E-state index in [9.17, 15) is 4.79 Å². The highest BCUT2D eigenvalue weighted by molar-refractivity contribution is 8.19. The topological polar surface area (TPSA) is 41.9 Å². The molecule has 0 radical (unpaired) electrons. The van der Waals surface area contributed by atoms with Gasteiger partial charge >= 0.3 is 0 Å². The first-order chi connectivity index (χ1) is 13.4. The summed E-state index contributed by atoms with van der Waals surface area (Å²) >= 11 is 1.44. The van der Waals surface area contributed by atoms with Crippen LogP contribution in [0, 0.1) is 0 Å². The normalized spacial score (nSPS) is 19.8. The Morgan fingerprint density at radius 2 is 1.93 bits per heavy atom. The molecule has 4 rings (SSSR count). The molecule has 0 aliphatic carbocycles. The number of benzene rings is 2. The summed E-state index contributed by atoms with van der Waals surface area (Å²) in [6.45, 7) is 6.90. The van der Waals surface area contributed by atoms with Crippen molar-refractivity contribution in [1.29, 1.82) is 0 Å². The van der Waals surface area contributed by atoms with Crippen LogP contribution in [0.4, 0.5) is 5.69 Å². The van der Waals surface area contributed by atoms with Crippen LogP contribution in [0.1, 0.15) is 38.3 Å². The minimum atomic E-state index is -0.270. The molecule has 0 N–H and O–H groups in total. The molecule has 0 atom stereocenters. The molecule has 28 heavy (non-hydrogen) atoms. The smallest absolute Gasteiger partial charge is 0.271 e. The zero-order chi connectivity index (χ0) is 19.7. The molecule has 2 aromatic carbocycles. The number of fused-ring (bicyclic) bond motifs is 1. The summed E-state index contributed by atoms with van der Waals surface area (Å²) in [5.74, 6) is 0.924. The van der Waals surface area contributed by atoms with E-state index in [1.165, 1.54) is 17.3 Å². The number of carbonyl (C=O) groups excluding carboxylic acids is 1. The fourth-order valence-electron chi connectivity index (χ4n) is 3.26. The number of aryl methyl sites for hydroxylation is 1. The lowest BCUT2D eigenvalue weighted by Crippen LogP contribution is -2.30. The van der Waals surface area contributed by atoms with E-state index in [0.717, 1.165) is 41.6 Å². The molecule has 2 aliphatic rings. The minimum absolute atomic E-state index is 0.0341. The number of anilines is 1. The second-order valence-electron chi connectivity index (χ2n) is 7.97. The zero-order valence-corrected chi connectivity index (χ0v) is 17.3. The lowest BCUT2D eigenvalue weighted by atomic mass is 10.0. The average molecular weight is 393 g/mol. The molecule has 0 spiro atoms. The molecular weight excluding hydrogens is 368 g/mol. The molecule has 2 aliphatic heterocycles. The second-order valence-corrected chi connectivity index (χ2v) is 8.98. The van der Waals surface area contributed by atoms with Gasteiger partial charge in [-0.15, -0.1) is 0 Å². The molecule has 2 aromatic rings. The Kier molecular flexibility index (Phi) is 5.02. The standard InChI is InChI=1S/C23H24N2O2S/c1-23(2,3)24-22-25(18-9-5-4-6-10-18)21(26)20(28-22)15-16-11-12-19-17(14-16)8-7-13-27-19/h4-6,9-12,14-15H,7-8,13H2,1-3H3/b20-15-,24-22?. The number of aliphatic imine (C=N–C) groups is 1. The van der Waals surface area contributed by atoms with Gasteiger partial charge in [-0.3, -0.25) is 14.7 Å². The molecule has 0 bridgehead atoms. The number of hydrogen-bond donors (Lipinski definition) is 0. The molecule has 2 heterocycles. The molecular formula is C23H24N2O2S. The van der Waals surface area contributed by atoms with E-state index in [2.05, 4.69) is 6.07 Å². The van der Waals surface area contributed by atoms with Crippen LogP contribution in [-0.4, -0.2) is 23.2 Å². The first kappa shape index (κ1) is 18.8. The van der Waals surface area contributed by atoms with Crippen molar-refractivity contribution >= 4 is 34.6 Å². The predicted molar refractivity (Wildman–Crippen MR) is 117 cm³/mol. The van der Waals surface area contributed by atoms with E-state index in [1.54, 1.807) is 4.90 Å². The summed E-state index contributed by atoms with van der Waals surface area (Å²) < 4.78 is 5.70. The molecule has 144 valence electrons. The molecule has 1 fully saturated rings. The zero-order valence-electron chi connectivity index (χ0n) is 16.4. The third-order valence-electron chi connectivity index (χ3n) is 4.48. The third-order valence-corrected chi connectivity index (χ3v) is 5.45. The van der Waals surface area contributed by atoms with Crippen molar-refractivity contribution in [3.8, 4) is 5.75 Å². The summed E-state index contributed by atoms with van der Waals surface area (Å²) in [5, 5.41) is 0.719. The van der Waals surface area contributed by atoms with E-state index in [4.69, 9.17) is 9.73 Å². The van der Waals surface area contributed by atoms with E-state index in [1.807, 2.05) is 69.3 Å². The number of thioether (sulfide) groups is 1. The number of amidine groups is 1. The first-order valence-corrected chi connectivity index (χ1v) is 10.4. The maximum absolute atomic E-state index is 13.2. The molecule has 4 nitrogen and oxygen atoms in total. The Hall–Kier alpha value is -2.53. The number of ether oxygens (including phenoxy) is 1. The maximum Gasteiger partial charge on any atom is 0.271 e. The minimum Gasteiger partial charge on any atom is -0.493 e. The highest BCUT2D eigenvalue weighted by Gasteiger charge is 2.35. The van der Waals surface area contributed by atoms with Gasteiger partial charge in [-0.05, 0) is 86.8 Å². The number of carbonyl (C=O) groups is 1. The SMILES string of the molecule is CC(C)(C)N=C1S/C(=C\c2ccc3c(c2)CCCO3)C(=O)N1c1ccccc1. The summed E-state index contributed by atoms with van der Waals surface area (Å²) in [5.41, 5.74) is 2.80. The average Bonchev–Trinajstić information content (AvgIpc) is 2.95. The third kappa shape index (κ3) is 3.99. The Morgan fingerprint density at radius 1 is 1.14 bits per heavy atom. The fraction of sp³-hybridized carbons (Fsp3) is 0.304. The molecule has 1 amide bonds. The van der Waals surface area contributed by atoms with Crippen molar-refractivity contribution in [3.63, 3.8) is 0 Å². The van der Waals surface area contributed by atoms with Gasteiger partial charge in [-0.1, -0.05) is 24.3 Å². The first-order valence-electron chi connectivity index (χ1n) is 9.55. The van der Waals surface area contributed by atoms with Gasteiger partial charge in [-0.25, -0.2) is 0 Å². The predicted octanol–water partition coefficient (Wildman–Crippen LogP) is 5.29. The largest absolute Gasteiger partial charge is 0.493 e. The Balaban J connectivity index is 1.71. The number of nitrogens with zero attached hydrogens (tertiary/aromatic N) is 2. The van der Waals surface area contributed by atoms with Crippen molar-refractivity contribution in [1.82, 2.24) is 0 Å². The number of rotatable bonds is 2. The summed E-state index contributed by atoms with van der Waals surface area (Å²) in [6.07, 6.45) is 4.01. The number of para-hydroxylation sites is 1. The Labute approximate surface area is 170 Å². The number of amides is 1. The quantitative estimate of drug-likeness (QED) is 0.653. The van der Waals surface area contributed by atoms with Crippen LogP contribution in [0.3, 0.4) is 0 Å². The van der Waals surface area contributed by atoms with Gasteiger partial charge in [0.15, 0.2) is 5.17 Å². The second kappa shape index (κ2) is 7.47. The fourth-order valence-corrected chi connectivity index (χ4v) is 4.43. The van der Waals surface area contributed by atoms with Gasteiger partial charge < -0.3 is 4.74 Å². The van der Waals surface area contributed by atoms with Crippen LogP contribution < -0.4 is 9.64 Å². The van der Waals surface area contributed by atoms with Gasteiger partial charge in [-0.2, -0.15) is 0 Å². The highest BCUT2D eigenvalue weighted by Crippen LogP contribution is 2.37. The molecule has 5 heteroatoms. The van der Waals surface area contributed by atoms with Gasteiger partial charge in [0.2, 0.25) is 0 Å². The van der Waals surface area contributed by atoms with Crippen molar-refractivity contribution in [2.75, 3.05) is 11.5 Å². The van der Waals surface area contributed by atoms with Crippen LogP contribution in [0.2, 0.25) is 0 Å². The van der Waals surface area contributed by atoms with Gasteiger partial charge in [0.25, 0.3) is 5.91 Å². The lowest BCUT2D eigenvalue weighted by molar-refractivity contribution is -0.113. The Morgan fingerprint density at radius 3 is 2.68 bits per heavy atom. The van der Waals surface area contributed by atoms with Gasteiger partial charge in [0.05, 0.1) is 22.7 Å². The number of hydrogen-bond acceptors (Lipinski definition) is 4. The monoisotopic (exact) mass is 392 g/mol. The molecule has 0 saturated carbocycles. The summed E-state index contributed by atoms with van der Waals surface area (Å²) in [4.78, 5) is 20.4. The van der Waals surface area contributed by atoms with Crippen LogP contribution in [0.15, 0.2) is 58.4 Å². The van der Waals surface area contributed by atoms with E-state index >= 15 is 0 Å². The van der Waals surface area contributed by atoms with E-state index in [-0.39, 0.29) is 11.4 Å². The van der Waals surface area contributed by atoms with Crippen molar-refractivity contribution < 1.29 is 9.53 Å². The van der Waals surface area contributed by atoms with Gasteiger partial charge in [0.1, 0.15) is 5.75 Å². The lowest BCUT2D eigenvalue weighted by Gasteiger charge is -2.19. The molecule has 1 saturated heterocycles. The van der Waals surface area contributed by atoms with Crippen LogP contribution >= 0.6 is 11.8 Å². The van der Waals surface area contributed by atoms with Crippen LogP contribution in [0.25, 0.3) is 6.08 Å². The maximum atomic E-state index is 13.2.